The highest BCUT2D eigenvalue weighted by Gasteiger charge is 2.13. The van der Waals surface area contributed by atoms with Crippen molar-refractivity contribution >= 4 is 5.69 Å². The Balaban J connectivity index is 1.36. The van der Waals surface area contributed by atoms with Crippen molar-refractivity contribution in [2.45, 2.75) is 6.42 Å². The van der Waals surface area contributed by atoms with E-state index in [1.807, 2.05) is 30.6 Å². The third-order valence-corrected chi connectivity index (χ3v) is 5.35. The molecule has 7 nitrogen and oxygen atoms in total. The highest BCUT2D eigenvalue weighted by Crippen LogP contribution is 2.28. The molecule has 4 aromatic rings. The fraction of sp³-hybridized carbons (Fsp3) is 0.217. The summed E-state index contributed by atoms with van der Waals surface area (Å²) in [6, 6.07) is 14.6. The van der Waals surface area contributed by atoms with Crippen LogP contribution in [-0.4, -0.2) is 51.3 Å². The monoisotopic (exact) mass is 397 g/mol. The molecule has 0 bridgehead atoms. The third kappa shape index (κ3) is 3.92. The number of H-pyrrole nitrogens is 1. The number of hydrogen-bond donors (Lipinski definition) is 2. The number of aromatic amines is 1. The third-order valence-electron chi connectivity index (χ3n) is 5.35. The number of nitrogens with one attached hydrogen (secondary N) is 2. The molecule has 1 saturated heterocycles. The van der Waals surface area contributed by atoms with E-state index in [0.717, 1.165) is 54.5 Å². The zero-order valence-corrected chi connectivity index (χ0v) is 16.6. The molecular formula is C23H23N7. The lowest BCUT2D eigenvalue weighted by molar-refractivity contribution is 0.589. The molecule has 0 amide bonds. The van der Waals surface area contributed by atoms with Crippen LogP contribution in [0.2, 0.25) is 0 Å². The largest absolute Gasteiger partial charge is 0.369 e. The van der Waals surface area contributed by atoms with Crippen molar-refractivity contribution in [2.75, 3.05) is 31.1 Å². The number of nitrogens with zero attached hydrogens (tertiary/aromatic N) is 5. The molecule has 0 spiro atoms. The second-order valence-corrected chi connectivity index (χ2v) is 7.34. The summed E-state index contributed by atoms with van der Waals surface area (Å²) in [7, 11) is 0. The van der Waals surface area contributed by atoms with Crippen LogP contribution in [0.15, 0.2) is 67.3 Å². The van der Waals surface area contributed by atoms with E-state index >= 15 is 0 Å². The highest BCUT2D eigenvalue weighted by molar-refractivity contribution is 5.77. The summed E-state index contributed by atoms with van der Waals surface area (Å²) in [5.74, 6) is 0.792. The zero-order chi connectivity index (χ0) is 20.2. The first-order valence-electron chi connectivity index (χ1n) is 10.2. The maximum Gasteiger partial charge on any atom is 0.133 e. The molecule has 3 aromatic heterocycles. The molecule has 4 heterocycles. The molecule has 2 N–H and O–H groups in total. The Morgan fingerprint density at radius 1 is 0.933 bits per heavy atom. The van der Waals surface area contributed by atoms with Crippen LogP contribution in [0.5, 0.6) is 0 Å². The molecule has 1 aliphatic rings. The lowest BCUT2D eigenvalue weighted by Crippen LogP contribution is -2.43. The molecule has 1 aromatic carbocycles. The van der Waals surface area contributed by atoms with E-state index in [0.29, 0.717) is 6.42 Å². The molecule has 0 unspecified atom stereocenters. The summed E-state index contributed by atoms with van der Waals surface area (Å²) in [5, 5.41) is 10.7. The van der Waals surface area contributed by atoms with E-state index in [2.05, 4.69) is 54.6 Å². The van der Waals surface area contributed by atoms with E-state index in [-0.39, 0.29) is 0 Å². The van der Waals surface area contributed by atoms with Gasteiger partial charge in [-0.05, 0) is 35.9 Å². The molecule has 30 heavy (non-hydrogen) atoms. The second kappa shape index (κ2) is 8.42. The summed E-state index contributed by atoms with van der Waals surface area (Å²) in [4.78, 5) is 15.9. The van der Waals surface area contributed by atoms with Gasteiger partial charge in [-0.2, -0.15) is 5.10 Å². The van der Waals surface area contributed by atoms with Gasteiger partial charge in [0, 0.05) is 68.0 Å². The first-order chi connectivity index (χ1) is 14.9. The van der Waals surface area contributed by atoms with Crippen molar-refractivity contribution in [3.05, 3.63) is 78.6 Å². The maximum atomic E-state index is 4.80. The molecule has 0 radical (unpaired) electrons. The van der Waals surface area contributed by atoms with Crippen LogP contribution in [0.3, 0.4) is 0 Å². The predicted molar refractivity (Wildman–Crippen MR) is 117 cm³/mol. The molecule has 5 rings (SSSR count). The number of pyridine rings is 1. The quantitative estimate of drug-likeness (QED) is 0.539. The van der Waals surface area contributed by atoms with Crippen LogP contribution in [0.1, 0.15) is 11.4 Å². The molecule has 1 aliphatic heterocycles. The van der Waals surface area contributed by atoms with E-state index in [4.69, 9.17) is 4.98 Å². The fourth-order valence-corrected chi connectivity index (χ4v) is 3.78. The van der Waals surface area contributed by atoms with Gasteiger partial charge in [-0.15, -0.1) is 0 Å². The Labute approximate surface area is 175 Å². The normalized spacial score (nSPS) is 14.1. The summed E-state index contributed by atoms with van der Waals surface area (Å²) in [6.07, 6.45) is 7.88. The molecule has 1 fully saturated rings. The molecule has 150 valence electrons. The Bertz CT molecular complexity index is 1100. The SMILES string of the molecule is c1cncc(-c2[nH]ncc2-c2ccnc(Cc3ccc(N4CCNCC4)cc3)n2)c1. The average molecular weight is 397 g/mol. The van der Waals surface area contributed by atoms with Crippen molar-refractivity contribution in [3.8, 4) is 22.5 Å². The molecule has 0 atom stereocenters. The smallest absolute Gasteiger partial charge is 0.133 e. The predicted octanol–water partition coefficient (Wildman–Crippen LogP) is 2.93. The van der Waals surface area contributed by atoms with Crippen LogP contribution in [-0.2, 0) is 6.42 Å². The van der Waals surface area contributed by atoms with Gasteiger partial charge in [0.25, 0.3) is 0 Å². The Morgan fingerprint density at radius 2 is 1.80 bits per heavy atom. The van der Waals surface area contributed by atoms with E-state index < -0.39 is 0 Å². The lowest BCUT2D eigenvalue weighted by atomic mass is 10.1. The number of anilines is 1. The van der Waals surface area contributed by atoms with E-state index in [9.17, 15) is 0 Å². The van der Waals surface area contributed by atoms with Gasteiger partial charge in [0.1, 0.15) is 5.82 Å². The van der Waals surface area contributed by atoms with Gasteiger partial charge < -0.3 is 10.2 Å². The van der Waals surface area contributed by atoms with Crippen molar-refractivity contribution < 1.29 is 0 Å². The van der Waals surface area contributed by atoms with Crippen molar-refractivity contribution in [2.24, 2.45) is 0 Å². The maximum absolute atomic E-state index is 4.80. The lowest BCUT2D eigenvalue weighted by Gasteiger charge is -2.29. The standard InChI is InChI=1S/C23H23N7/c1-2-18(15-25-8-1)23-20(16-27-29-23)21-7-9-26-22(28-21)14-17-3-5-19(6-4-17)30-12-10-24-11-13-30/h1-9,15-16,24H,10-14H2,(H,27,29). The number of benzene rings is 1. The second-order valence-electron chi connectivity index (χ2n) is 7.34. The van der Waals surface area contributed by atoms with Gasteiger partial charge in [0.15, 0.2) is 0 Å². The molecule has 0 saturated carbocycles. The average Bonchev–Trinajstić information content (AvgIpc) is 3.31. The highest BCUT2D eigenvalue weighted by atomic mass is 15.2. The minimum absolute atomic E-state index is 0.690. The number of aromatic nitrogens is 5. The topological polar surface area (TPSA) is 82.6 Å². The van der Waals surface area contributed by atoms with Gasteiger partial charge in [-0.3, -0.25) is 10.1 Å². The summed E-state index contributed by atoms with van der Waals surface area (Å²) < 4.78 is 0. The Kier molecular flexibility index (Phi) is 5.18. The van der Waals surface area contributed by atoms with Crippen molar-refractivity contribution in [1.29, 1.82) is 0 Å². The van der Waals surface area contributed by atoms with Gasteiger partial charge in [0.2, 0.25) is 0 Å². The molecule has 0 aliphatic carbocycles. The van der Waals surface area contributed by atoms with E-state index in [1.54, 1.807) is 12.4 Å². The minimum Gasteiger partial charge on any atom is -0.369 e. The van der Waals surface area contributed by atoms with Crippen molar-refractivity contribution in [3.63, 3.8) is 0 Å². The Hall–Kier alpha value is -3.58. The van der Waals surface area contributed by atoms with Gasteiger partial charge in [0.05, 0.1) is 17.6 Å². The first kappa shape index (κ1) is 18.4. The zero-order valence-electron chi connectivity index (χ0n) is 16.6. The van der Waals surface area contributed by atoms with Crippen molar-refractivity contribution in [1.82, 2.24) is 30.5 Å². The van der Waals surface area contributed by atoms with Gasteiger partial charge in [-0.25, -0.2) is 9.97 Å². The molecule has 7 heteroatoms. The van der Waals surface area contributed by atoms with Crippen LogP contribution in [0.4, 0.5) is 5.69 Å². The minimum atomic E-state index is 0.690. The number of rotatable bonds is 5. The summed E-state index contributed by atoms with van der Waals surface area (Å²) in [6.45, 7) is 4.18. The number of hydrogen-bond acceptors (Lipinski definition) is 6. The van der Waals surface area contributed by atoms with Crippen LogP contribution < -0.4 is 10.2 Å². The van der Waals surface area contributed by atoms with Crippen LogP contribution >= 0.6 is 0 Å². The Morgan fingerprint density at radius 3 is 2.60 bits per heavy atom. The molecular weight excluding hydrogens is 374 g/mol. The summed E-state index contributed by atoms with van der Waals surface area (Å²) in [5.41, 5.74) is 6.16. The first-order valence-corrected chi connectivity index (χ1v) is 10.2. The van der Waals surface area contributed by atoms with Crippen LogP contribution in [0.25, 0.3) is 22.5 Å². The fourth-order valence-electron chi connectivity index (χ4n) is 3.78. The van der Waals surface area contributed by atoms with Gasteiger partial charge in [-0.1, -0.05) is 12.1 Å². The van der Waals surface area contributed by atoms with E-state index in [1.165, 1.54) is 11.3 Å². The van der Waals surface area contributed by atoms with Crippen LogP contribution in [0, 0.1) is 0 Å². The van der Waals surface area contributed by atoms with Gasteiger partial charge >= 0.3 is 0 Å². The number of piperazine rings is 1. The summed E-state index contributed by atoms with van der Waals surface area (Å²) >= 11 is 0.